The van der Waals surface area contributed by atoms with Crippen molar-refractivity contribution >= 4 is 5.97 Å². The summed E-state index contributed by atoms with van der Waals surface area (Å²) in [4.78, 5) is 12.0. The highest BCUT2D eigenvalue weighted by Gasteiger charge is 2.29. The number of ether oxygens (including phenoxy) is 1. The monoisotopic (exact) mass is 342 g/mol. The molecule has 3 rings (SSSR count). The van der Waals surface area contributed by atoms with Crippen LogP contribution >= 0.6 is 0 Å². The molecule has 1 aromatic carbocycles. The first-order valence-corrected chi connectivity index (χ1v) is 10.2. The van der Waals surface area contributed by atoms with Crippen molar-refractivity contribution < 1.29 is 9.53 Å². The number of rotatable bonds is 4. The van der Waals surface area contributed by atoms with Crippen molar-refractivity contribution in [2.45, 2.75) is 91.1 Å². The van der Waals surface area contributed by atoms with Gasteiger partial charge in [0.05, 0.1) is 12.0 Å². The van der Waals surface area contributed by atoms with Gasteiger partial charge in [0, 0.05) is 0 Å². The predicted molar refractivity (Wildman–Crippen MR) is 103 cm³/mol. The van der Waals surface area contributed by atoms with Crippen LogP contribution < -0.4 is 0 Å². The van der Waals surface area contributed by atoms with Gasteiger partial charge in [-0.05, 0) is 113 Å². The number of hydrogen-bond donors (Lipinski definition) is 0. The number of carbonyl (C=O) groups is 1. The largest absolute Gasteiger partial charge is 0.462 e. The molecule has 0 amide bonds. The fourth-order valence-corrected chi connectivity index (χ4v) is 4.79. The summed E-state index contributed by atoms with van der Waals surface area (Å²) in [5, 5.41) is 0. The lowest BCUT2D eigenvalue weighted by Gasteiger charge is -2.32. The molecule has 0 radical (unpaired) electrons. The van der Waals surface area contributed by atoms with Gasteiger partial charge in [-0.15, -0.1) is 0 Å². The second-order valence-electron chi connectivity index (χ2n) is 8.54. The third-order valence-electron chi connectivity index (χ3n) is 6.88. The van der Waals surface area contributed by atoms with Crippen molar-refractivity contribution in [1.29, 1.82) is 0 Å². The van der Waals surface area contributed by atoms with Crippen molar-refractivity contribution in [3.63, 3.8) is 0 Å². The first-order valence-electron chi connectivity index (χ1n) is 10.2. The quantitative estimate of drug-likeness (QED) is 0.627. The molecule has 0 N–H and O–H groups in total. The standard InChI is InChI=1S/C23H34O2/c1-15-5-14-22(18(4)17(15)3)20-11-7-19(8-12-20)9-13-21-10-6-16(2)25-23(21)24/h5,14,16,19-21H,6-13H2,1-4H3. The lowest BCUT2D eigenvalue weighted by Crippen LogP contribution is -2.29. The highest BCUT2D eigenvalue weighted by atomic mass is 16.5. The van der Waals surface area contributed by atoms with Crippen LogP contribution in [0.4, 0.5) is 0 Å². The molecule has 2 atom stereocenters. The van der Waals surface area contributed by atoms with Gasteiger partial charge < -0.3 is 4.74 Å². The molecule has 0 aromatic heterocycles. The Morgan fingerprint density at radius 2 is 1.64 bits per heavy atom. The van der Waals surface area contributed by atoms with Crippen LogP contribution in [0.1, 0.15) is 86.5 Å². The van der Waals surface area contributed by atoms with E-state index in [-0.39, 0.29) is 18.0 Å². The minimum Gasteiger partial charge on any atom is -0.462 e. The van der Waals surface area contributed by atoms with Gasteiger partial charge in [0.2, 0.25) is 0 Å². The number of cyclic esters (lactones) is 1. The molecule has 2 aliphatic rings. The van der Waals surface area contributed by atoms with Crippen molar-refractivity contribution in [3.8, 4) is 0 Å². The van der Waals surface area contributed by atoms with E-state index in [0.29, 0.717) is 0 Å². The summed E-state index contributed by atoms with van der Waals surface area (Å²) in [7, 11) is 0. The Hall–Kier alpha value is -1.31. The van der Waals surface area contributed by atoms with Gasteiger partial charge in [0.1, 0.15) is 0 Å². The molecule has 138 valence electrons. The summed E-state index contributed by atoms with van der Waals surface area (Å²) in [6.07, 6.45) is 9.66. The van der Waals surface area contributed by atoms with Crippen molar-refractivity contribution in [2.24, 2.45) is 11.8 Å². The Labute approximate surface area is 153 Å². The summed E-state index contributed by atoms with van der Waals surface area (Å²) in [6.45, 7) is 8.76. The fourth-order valence-electron chi connectivity index (χ4n) is 4.79. The smallest absolute Gasteiger partial charge is 0.309 e. The maximum atomic E-state index is 12.0. The van der Waals surface area contributed by atoms with E-state index in [4.69, 9.17) is 4.74 Å². The summed E-state index contributed by atoms with van der Waals surface area (Å²) in [5.41, 5.74) is 5.95. The molecule has 0 bridgehead atoms. The first kappa shape index (κ1) is 18.5. The molecule has 1 aromatic rings. The summed E-state index contributed by atoms with van der Waals surface area (Å²) >= 11 is 0. The molecule has 1 aliphatic heterocycles. The highest BCUT2D eigenvalue weighted by molar-refractivity contribution is 5.73. The Morgan fingerprint density at radius 1 is 0.920 bits per heavy atom. The van der Waals surface area contributed by atoms with E-state index in [0.717, 1.165) is 31.1 Å². The van der Waals surface area contributed by atoms with Crippen LogP contribution in [0.15, 0.2) is 12.1 Å². The second-order valence-corrected chi connectivity index (χ2v) is 8.54. The van der Waals surface area contributed by atoms with Gasteiger partial charge in [-0.25, -0.2) is 0 Å². The molecule has 1 heterocycles. The van der Waals surface area contributed by atoms with Crippen LogP contribution in [0.25, 0.3) is 0 Å². The third kappa shape index (κ3) is 4.27. The zero-order chi connectivity index (χ0) is 18.0. The maximum Gasteiger partial charge on any atom is 0.309 e. The molecule has 1 aliphatic carbocycles. The Kier molecular flexibility index (Phi) is 5.86. The van der Waals surface area contributed by atoms with E-state index < -0.39 is 0 Å². The van der Waals surface area contributed by atoms with Crippen LogP contribution in [-0.2, 0) is 9.53 Å². The molecular formula is C23H34O2. The van der Waals surface area contributed by atoms with Crippen LogP contribution in [0.3, 0.4) is 0 Å². The first-order chi connectivity index (χ1) is 12.0. The highest BCUT2D eigenvalue weighted by Crippen LogP contribution is 2.40. The van der Waals surface area contributed by atoms with E-state index in [2.05, 4.69) is 32.9 Å². The average Bonchev–Trinajstić information content (AvgIpc) is 2.60. The Morgan fingerprint density at radius 3 is 2.32 bits per heavy atom. The molecule has 1 saturated heterocycles. The molecule has 2 unspecified atom stereocenters. The van der Waals surface area contributed by atoms with E-state index in [9.17, 15) is 4.79 Å². The van der Waals surface area contributed by atoms with E-state index in [1.807, 2.05) is 6.92 Å². The van der Waals surface area contributed by atoms with Crippen LogP contribution in [0, 0.1) is 32.6 Å². The van der Waals surface area contributed by atoms with Gasteiger partial charge in [0.15, 0.2) is 0 Å². The molecule has 25 heavy (non-hydrogen) atoms. The van der Waals surface area contributed by atoms with Crippen LogP contribution in [-0.4, -0.2) is 12.1 Å². The topological polar surface area (TPSA) is 26.3 Å². The SMILES string of the molecule is Cc1ccc(C2CCC(CCC3CCC(C)OC3=O)CC2)c(C)c1C. The fraction of sp³-hybridized carbons (Fsp3) is 0.696. The molecule has 2 heteroatoms. The number of benzene rings is 1. The minimum absolute atomic E-state index is 0.0539. The number of esters is 1. The van der Waals surface area contributed by atoms with Gasteiger partial charge in [-0.3, -0.25) is 4.79 Å². The summed E-state index contributed by atoms with van der Waals surface area (Å²) in [6, 6.07) is 4.65. The summed E-state index contributed by atoms with van der Waals surface area (Å²) in [5.74, 6) is 1.75. The van der Waals surface area contributed by atoms with Crippen LogP contribution in [0.5, 0.6) is 0 Å². The third-order valence-corrected chi connectivity index (χ3v) is 6.88. The van der Waals surface area contributed by atoms with E-state index in [1.165, 1.54) is 48.8 Å². The van der Waals surface area contributed by atoms with E-state index in [1.54, 1.807) is 5.56 Å². The number of hydrogen-bond acceptors (Lipinski definition) is 2. The van der Waals surface area contributed by atoms with Crippen LogP contribution in [0.2, 0.25) is 0 Å². The lowest BCUT2D eigenvalue weighted by atomic mass is 9.74. The summed E-state index contributed by atoms with van der Waals surface area (Å²) < 4.78 is 5.41. The Balaban J connectivity index is 1.49. The van der Waals surface area contributed by atoms with E-state index >= 15 is 0 Å². The number of aryl methyl sites for hydroxylation is 1. The van der Waals surface area contributed by atoms with Crippen molar-refractivity contribution in [3.05, 3.63) is 34.4 Å². The van der Waals surface area contributed by atoms with Gasteiger partial charge in [0.25, 0.3) is 0 Å². The molecule has 0 spiro atoms. The lowest BCUT2D eigenvalue weighted by molar-refractivity contribution is -0.159. The van der Waals surface area contributed by atoms with Gasteiger partial charge in [-0.2, -0.15) is 0 Å². The zero-order valence-corrected chi connectivity index (χ0v) is 16.4. The molecule has 1 saturated carbocycles. The van der Waals surface area contributed by atoms with Gasteiger partial charge >= 0.3 is 5.97 Å². The molecule has 2 fully saturated rings. The number of carbonyl (C=O) groups excluding carboxylic acids is 1. The predicted octanol–water partition coefficient (Wildman–Crippen LogP) is 6.01. The second kappa shape index (κ2) is 7.93. The van der Waals surface area contributed by atoms with Gasteiger partial charge in [-0.1, -0.05) is 12.1 Å². The Bertz CT molecular complexity index is 611. The maximum absolute atomic E-state index is 12.0. The van der Waals surface area contributed by atoms with Crippen molar-refractivity contribution in [1.82, 2.24) is 0 Å². The molecular weight excluding hydrogens is 308 g/mol. The molecule has 2 nitrogen and oxygen atoms in total. The average molecular weight is 343 g/mol. The normalized spacial score (nSPS) is 30.2. The minimum atomic E-state index is 0.0539. The van der Waals surface area contributed by atoms with Crippen molar-refractivity contribution in [2.75, 3.05) is 0 Å². The zero-order valence-electron chi connectivity index (χ0n) is 16.4.